The zero-order chi connectivity index (χ0) is 10.3. The number of hydrogen-bond donors (Lipinski definition) is 2. The van der Waals surface area contributed by atoms with Crippen molar-refractivity contribution < 1.29 is 9.59 Å². The van der Waals surface area contributed by atoms with Gasteiger partial charge in [-0.15, -0.1) is 0 Å². The van der Waals surface area contributed by atoms with Gasteiger partial charge in [-0.1, -0.05) is 6.92 Å². The maximum absolute atomic E-state index is 11.2. The fourth-order valence-corrected chi connectivity index (χ4v) is 0.750. The van der Waals surface area contributed by atoms with E-state index in [1.54, 1.807) is 14.1 Å². The van der Waals surface area contributed by atoms with E-state index in [-0.39, 0.29) is 24.9 Å². The minimum Gasteiger partial charge on any atom is -0.358 e. The van der Waals surface area contributed by atoms with Crippen LogP contribution in [-0.4, -0.2) is 50.4 Å². The molecule has 76 valence electrons. The van der Waals surface area contributed by atoms with E-state index in [1.165, 1.54) is 4.90 Å². The molecule has 0 heterocycles. The smallest absolute Gasteiger partial charge is 0.239 e. The van der Waals surface area contributed by atoms with Crippen LogP contribution in [0.15, 0.2) is 0 Å². The normalized spacial score (nSPS) is 9.46. The molecule has 0 saturated carbocycles. The summed E-state index contributed by atoms with van der Waals surface area (Å²) >= 11 is 0. The molecule has 5 nitrogen and oxygen atoms in total. The molecule has 0 bridgehead atoms. The Labute approximate surface area is 78.5 Å². The number of carbonyl (C=O) groups is 2. The predicted octanol–water partition coefficient (Wildman–Crippen LogP) is -1.20. The Morgan fingerprint density at radius 2 is 2.00 bits per heavy atom. The summed E-state index contributed by atoms with van der Waals surface area (Å²) in [5.74, 6) is -0.238. The summed E-state index contributed by atoms with van der Waals surface area (Å²) in [7, 11) is 3.15. The van der Waals surface area contributed by atoms with Crippen molar-refractivity contribution in [3.63, 3.8) is 0 Å². The largest absolute Gasteiger partial charge is 0.358 e. The van der Waals surface area contributed by atoms with E-state index in [0.717, 1.165) is 6.54 Å². The Kier molecular flexibility index (Phi) is 5.88. The SMILES string of the molecule is CCNCC(=O)N(C)CC(=O)NC. The molecule has 0 aliphatic rings. The van der Waals surface area contributed by atoms with Gasteiger partial charge in [0.15, 0.2) is 0 Å². The van der Waals surface area contributed by atoms with Crippen molar-refractivity contribution in [3.8, 4) is 0 Å². The quantitative estimate of drug-likeness (QED) is 0.568. The fraction of sp³-hybridized carbons (Fsp3) is 0.750. The maximum atomic E-state index is 11.2. The molecular formula is C8H17N3O2. The van der Waals surface area contributed by atoms with Crippen LogP contribution in [0.2, 0.25) is 0 Å². The van der Waals surface area contributed by atoms with Gasteiger partial charge in [0.2, 0.25) is 11.8 Å². The van der Waals surface area contributed by atoms with Gasteiger partial charge in [-0.3, -0.25) is 9.59 Å². The van der Waals surface area contributed by atoms with E-state index in [1.807, 2.05) is 6.92 Å². The third-order valence-corrected chi connectivity index (χ3v) is 1.61. The summed E-state index contributed by atoms with van der Waals surface area (Å²) in [6.45, 7) is 3.07. The Balaban J connectivity index is 3.75. The minimum atomic E-state index is -0.160. The van der Waals surface area contributed by atoms with Gasteiger partial charge in [0.05, 0.1) is 13.1 Å². The van der Waals surface area contributed by atoms with Crippen LogP contribution < -0.4 is 10.6 Å². The fourth-order valence-electron chi connectivity index (χ4n) is 0.750. The first kappa shape index (κ1) is 11.9. The lowest BCUT2D eigenvalue weighted by atomic mass is 10.4. The molecular weight excluding hydrogens is 170 g/mol. The summed E-state index contributed by atoms with van der Waals surface area (Å²) in [5, 5.41) is 5.35. The van der Waals surface area contributed by atoms with Gasteiger partial charge in [0.1, 0.15) is 0 Å². The van der Waals surface area contributed by atoms with E-state index in [2.05, 4.69) is 10.6 Å². The van der Waals surface area contributed by atoms with Crippen LogP contribution in [0.25, 0.3) is 0 Å². The van der Waals surface area contributed by atoms with Crippen molar-refractivity contribution in [1.82, 2.24) is 15.5 Å². The van der Waals surface area contributed by atoms with Gasteiger partial charge in [0, 0.05) is 14.1 Å². The van der Waals surface area contributed by atoms with Gasteiger partial charge < -0.3 is 15.5 Å². The highest BCUT2D eigenvalue weighted by Crippen LogP contribution is 1.82. The molecule has 0 saturated heterocycles. The summed E-state index contributed by atoms with van der Waals surface area (Å²) in [5.41, 5.74) is 0. The van der Waals surface area contributed by atoms with Crippen LogP contribution in [0.1, 0.15) is 6.92 Å². The molecule has 0 aromatic heterocycles. The summed E-state index contributed by atoms with van der Waals surface area (Å²) < 4.78 is 0. The molecule has 0 aromatic rings. The van der Waals surface area contributed by atoms with Crippen molar-refractivity contribution in [2.75, 3.05) is 33.7 Å². The van der Waals surface area contributed by atoms with Gasteiger partial charge >= 0.3 is 0 Å². The zero-order valence-electron chi connectivity index (χ0n) is 8.39. The number of nitrogens with one attached hydrogen (secondary N) is 2. The van der Waals surface area contributed by atoms with E-state index in [4.69, 9.17) is 0 Å². The van der Waals surface area contributed by atoms with Gasteiger partial charge in [-0.25, -0.2) is 0 Å². The molecule has 0 rings (SSSR count). The topological polar surface area (TPSA) is 61.4 Å². The highest BCUT2D eigenvalue weighted by molar-refractivity contribution is 5.85. The molecule has 2 amide bonds. The van der Waals surface area contributed by atoms with Crippen molar-refractivity contribution in [2.45, 2.75) is 6.92 Å². The molecule has 2 N–H and O–H groups in total. The molecule has 0 unspecified atom stereocenters. The molecule has 0 spiro atoms. The number of nitrogens with zero attached hydrogens (tertiary/aromatic N) is 1. The van der Waals surface area contributed by atoms with E-state index in [9.17, 15) is 9.59 Å². The molecule has 0 aromatic carbocycles. The van der Waals surface area contributed by atoms with Crippen molar-refractivity contribution >= 4 is 11.8 Å². The second kappa shape index (κ2) is 6.42. The Morgan fingerprint density at radius 3 is 2.46 bits per heavy atom. The summed E-state index contributed by atoms with van der Waals surface area (Å²) in [6, 6.07) is 0. The average Bonchev–Trinajstić information content (AvgIpc) is 2.13. The molecule has 5 heteroatoms. The first-order valence-electron chi connectivity index (χ1n) is 4.27. The highest BCUT2D eigenvalue weighted by Gasteiger charge is 2.10. The van der Waals surface area contributed by atoms with E-state index >= 15 is 0 Å². The third kappa shape index (κ3) is 5.19. The lowest BCUT2D eigenvalue weighted by Crippen LogP contribution is -2.41. The number of likely N-dealkylation sites (N-methyl/N-ethyl adjacent to an activating group) is 3. The van der Waals surface area contributed by atoms with Crippen LogP contribution in [0.4, 0.5) is 0 Å². The van der Waals surface area contributed by atoms with Crippen LogP contribution in [-0.2, 0) is 9.59 Å². The number of hydrogen-bond acceptors (Lipinski definition) is 3. The van der Waals surface area contributed by atoms with Crippen molar-refractivity contribution in [1.29, 1.82) is 0 Å². The Hall–Kier alpha value is -1.10. The second-order valence-corrected chi connectivity index (χ2v) is 2.70. The summed E-state index contributed by atoms with van der Waals surface area (Å²) in [4.78, 5) is 23.5. The van der Waals surface area contributed by atoms with Crippen LogP contribution >= 0.6 is 0 Å². The van der Waals surface area contributed by atoms with E-state index < -0.39 is 0 Å². The van der Waals surface area contributed by atoms with Crippen molar-refractivity contribution in [2.24, 2.45) is 0 Å². The third-order valence-electron chi connectivity index (χ3n) is 1.61. The van der Waals surface area contributed by atoms with Gasteiger partial charge in [-0.2, -0.15) is 0 Å². The zero-order valence-corrected chi connectivity index (χ0v) is 8.39. The predicted molar refractivity (Wildman–Crippen MR) is 50.2 cm³/mol. The van der Waals surface area contributed by atoms with Gasteiger partial charge in [-0.05, 0) is 6.54 Å². The summed E-state index contributed by atoms with van der Waals surface area (Å²) in [6.07, 6.45) is 0. The van der Waals surface area contributed by atoms with Gasteiger partial charge in [0.25, 0.3) is 0 Å². The lowest BCUT2D eigenvalue weighted by Gasteiger charge is -2.15. The van der Waals surface area contributed by atoms with Crippen LogP contribution in [0, 0.1) is 0 Å². The Bertz CT molecular complexity index is 182. The molecule has 0 aliphatic heterocycles. The lowest BCUT2D eigenvalue weighted by molar-refractivity contribution is -0.133. The molecule has 0 radical (unpaired) electrons. The number of rotatable bonds is 5. The molecule has 0 aliphatic carbocycles. The minimum absolute atomic E-state index is 0.0783. The highest BCUT2D eigenvalue weighted by atomic mass is 16.2. The first-order valence-corrected chi connectivity index (χ1v) is 4.27. The molecule has 13 heavy (non-hydrogen) atoms. The van der Waals surface area contributed by atoms with E-state index in [0.29, 0.717) is 0 Å². The Morgan fingerprint density at radius 1 is 1.38 bits per heavy atom. The van der Waals surface area contributed by atoms with Crippen LogP contribution in [0.3, 0.4) is 0 Å². The number of amides is 2. The maximum Gasteiger partial charge on any atom is 0.239 e. The van der Waals surface area contributed by atoms with Crippen molar-refractivity contribution in [3.05, 3.63) is 0 Å². The molecule has 0 fully saturated rings. The monoisotopic (exact) mass is 187 g/mol. The first-order chi connectivity index (χ1) is 6.11. The number of carbonyl (C=O) groups excluding carboxylic acids is 2. The average molecular weight is 187 g/mol. The second-order valence-electron chi connectivity index (χ2n) is 2.70. The van der Waals surface area contributed by atoms with Crippen LogP contribution in [0.5, 0.6) is 0 Å². The molecule has 0 atom stereocenters. The standard InChI is InChI=1S/C8H17N3O2/c1-4-10-5-8(13)11(3)6-7(12)9-2/h10H,4-6H2,1-3H3,(H,9,12).